The van der Waals surface area contributed by atoms with Crippen LogP contribution in [0.5, 0.6) is 5.75 Å². The first-order valence-electron chi connectivity index (χ1n) is 7.87. The monoisotopic (exact) mass is 271 g/mol. The first kappa shape index (κ1) is 12.2. The van der Waals surface area contributed by atoms with Gasteiger partial charge in [0.15, 0.2) is 0 Å². The van der Waals surface area contributed by atoms with Gasteiger partial charge in [0.2, 0.25) is 5.91 Å². The molecule has 20 heavy (non-hydrogen) atoms. The van der Waals surface area contributed by atoms with Crippen LogP contribution in [0.25, 0.3) is 0 Å². The van der Waals surface area contributed by atoms with E-state index < -0.39 is 0 Å². The maximum Gasteiger partial charge on any atom is 0.224 e. The van der Waals surface area contributed by atoms with Gasteiger partial charge in [-0.05, 0) is 30.7 Å². The molecule has 0 bridgehead atoms. The average molecular weight is 271 g/mol. The Morgan fingerprint density at radius 3 is 2.65 bits per heavy atom. The van der Waals surface area contributed by atoms with Crippen LogP contribution in [0.4, 0.5) is 0 Å². The molecule has 1 heterocycles. The van der Waals surface area contributed by atoms with Gasteiger partial charge in [0.25, 0.3) is 0 Å². The molecule has 1 N–H and O–H groups in total. The number of nitrogens with one attached hydrogen (secondary N) is 1. The molecule has 0 spiro atoms. The van der Waals surface area contributed by atoms with Gasteiger partial charge in [0.1, 0.15) is 5.75 Å². The largest absolute Gasteiger partial charge is 0.493 e. The molecule has 1 aromatic rings. The fraction of sp³-hybridized carbons (Fsp3) is 0.588. The molecule has 0 aromatic heterocycles. The second-order valence-electron chi connectivity index (χ2n) is 6.37. The molecule has 2 fully saturated rings. The zero-order valence-corrected chi connectivity index (χ0v) is 11.7. The van der Waals surface area contributed by atoms with Crippen molar-refractivity contribution in [2.24, 2.45) is 17.8 Å². The van der Waals surface area contributed by atoms with Gasteiger partial charge in [-0.25, -0.2) is 0 Å². The molecule has 1 amide bonds. The number of rotatable bonds is 2. The fourth-order valence-corrected chi connectivity index (χ4v) is 4.14. The highest BCUT2D eigenvalue weighted by Crippen LogP contribution is 2.55. The van der Waals surface area contributed by atoms with Crippen LogP contribution in [0.3, 0.4) is 0 Å². The van der Waals surface area contributed by atoms with E-state index in [1.54, 1.807) is 0 Å². The summed E-state index contributed by atoms with van der Waals surface area (Å²) in [6, 6.07) is 8.20. The minimum absolute atomic E-state index is 0.134. The maximum atomic E-state index is 12.5. The smallest absolute Gasteiger partial charge is 0.224 e. The summed E-state index contributed by atoms with van der Waals surface area (Å²) < 4.78 is 5.65. The summed E-state index contributed by atoms with van der Waals surface area (Å²) in [7, 11) is 0. The van der Waals surface area contributed by atoms with Crippen molar-refractivity contribution in [1.82, 2.24) is 5.32 Å². The maximum absolute atomic E-state index is 12.5. The molecule has 0 saturated heterocycles. The molecule has 1 aromatic carbocycles. The minimum Gasteiger partial charge on any atom is -0.493 e. The van der Waals surface area contributed by atoms with Gasteiger partial charge >= 0.3 is 0 Å². The highest BCUT2D eigenvalue weighted by Gasteiger charge is 2.54. The number of hydrogen-bond donors (Lipinski definition) is 1. The van der Waals surface area contributed by atoms with Crippen LogP contribution in [0.2, 0.25) is 0 Å². The van der Waals surface area contributed by atoms with Crippen molar-refractivity contribution in [2.45, 2.75) is 38.1 Å². The van der Waals surface area contributed by atoms with Gasteiger partial charge in [-0.15, -0.1) is 0 Å². The molecule has 4 rings (SSSR count). The lowest BCUT2D eigenvalue weighted by Gasteiger charge is -2.26. The molecule has 2 aliphatic carbocycles. The number of benzene rings is 1. The van der Waals surface area contributed by atoms with Gasteiger partial charge in [0.05, 0.1) is 12.6 Å². The zero-order chi connectivity index (χ0) is 13.5. The third kappa shape index (κ3) is 2.00. The SMILES string of the molecule is O=C(N[C@H]1CCOc2ccccc21)C1[C@H]2CCCC[C@@H]12. The Morgan fingerprint density at radius 1 is 1.10 bits per heavy atom. The number of amides is 1. The van der Waals surface area contributed by atoms with E-state index in [2.05, 4.69) is 11.4 Å². The van der Waals surface area contributed by atoms with Crippen LogP contribution in [-0.4, -0.2) is 12.5 Å². The number of ether oxygens (including phenoxy) is 1. The van der Waals surface area contributed by atoms with Gasteiger partial charge < -0.3 is 10.1 Å². The fourth-order valence-electron chi connectivity index (χ4n) is 4.14. The van der Waals surface area contributed by atoms with E-state index in [1.807, 2.05) is 18.2 Å². The van der Waals surface area contributed by atoms with E-state index in [1.165, 1.54) is 25.7 Å². The highest BCUT2D eigenvalue weighted by atomic mass is 16.5. The molecule has 1 unspecified atom stereocenters. The molecule has 1 aliphatic heterocycles. The second-order valence-corrected chi connectivity index (χ2v) is 6.37. The zero-order valence-electron chi connectivity index (χ0n) is 11.7. The molecular formula is C17H21NO2. The van der Waals surface area contributed by atoms with Gasteiger partial charge in [-0.3, -0.25) is 4.79 Å². The Balaban J connectivity index is 1.46. The Kier molecular flexibility index (Phi) is 2.94. The van der Waals surface area contributed by atoms with Gasteiger partial charge in [0, 0.05) is 17.9 Å². The number of fused-ring (bicyclic) bond motifs is 2. The van der Waals surface area contributed by atoms with Crippen molar-refractivity contribution in [1.29, 1.82) is 0 Å². The van der Waals surface area contributed by atoms with Crippen LogP contribution in [-0.2, 0) is 4.79 Å². The quantitative estimate of drug-likeness (QED) is 0.897. The standard InChI is InChI=1S/C17H21NO2/c19-17(16-11-5-1-2-6-12(11)16)18-14-9-10-20-15-8-4-3-7-13(14)15/h3-4,7-8,11-12,14,16H,1-2,5-6,9-10H2,(H,18,19)/t11-,12+,14-,16?/m0/s1. The van der Waals surface area contributed by atoms with E-state index in [0.29, 0.717) is 24.4 Å². The van der Waals surface area contributed by atoms with Crippen LogP contribution < -0.4 is 10.1 Å². The lowest BCUT2D eigenvalue weighted by atomic mass is 10.0. The van der Waals surface area contributed by atoms with Crippen molar-refractivity contribution in [3.05, 3.63) is 29.8 Å². The number of carbonyl (C=O) groups excluding carboxylic acids is 1. The number of para-hydroxylation sites is 1. The molecule has 106 valence electrons. The molecule has 2 saturated carbocycles. The third-order valence-corrected chi connectivity index (χ3v) is 5.23. The van der Waals surface area contributed by atoms with Gasteiger partial charge in [-0.2, -0.15) is 0 Å². The van der Waals surface area contributed by atoms with E-state index in [4.69, 9.17) is 4.74 Å². The van der Waals surface area contributed by atoms with Crippen molar-refractivity contribution in [3.63, 3.8) is 0 Å². The summed E-state index contributed by atoms with van der Waals surface area (Å²) in [6.07, 6.45) is 6.02. The topological polar surface area (TPSA) is 38.3 Å². The summed E-state index contributed by atoms with van der Waals surface area (Å²) in [4.78, 5) is 12.5. The Hall–Kier alpha value is -1.51. The molecule has 0 radical (unpaired) electrons. The third-order valence-electron chi connectivity index (χ3n) is 5.23. The van der Waals surface area contributed by atoms with Crippen LogP contribution in [0, 0.1) is 17.8 Å². The van der Waals surface area contributed by atoms with E-state index in [-0.39, 0.29) is 11.9 Å². The van der Waals surface area contributed by atoms with E-state index >= 15 is 0 Å². The van der Waals surface area contributed by atoms with Crippen LogP contribution in [0.15, 0.2) is 24.3 Å². The first-order valence-corrected chi connectivity index (χ1v) is 7.87. The van der Waals surface area contributed by atoms with E-state index in [9.17, 15) is 4.79 Å². The average Bonchev–Trinajstić information content (AvgIpc) is 3.22. The van der Waals surface area contributed by atoms with Crippen molar-refractivity contribution < 1.29 is 9.53 Å². The summed E-state index contributed by atoms with van der Waals surface area (Å²) >= 11 is 0. The second kappa shape index (κ2) is 4.80. The highest BCUT2D eigenvalue weighted by molar-refractivity contribution is 5.82. The molecule has 4 atom stereocenters. The number of hydrogen-bond acceptors (Lipinski definition) is 2. The van der Waals surface area contributed by atoms with Crippen molar-refractivity contribution in [2.75, 3.05) is 6.61 Å². The summed E-state index contributed by atoms with van der Waals surface area (Å²) in [5.74, 6) is 2.87. The molecular weight excluding hydrogens is 250 g/mol. The summed E-state index contributed by atoms with van der Waals surface area (Å²) in [6.45, 7) is 0.694. The Bertz CT molecular complexity index is 515. The summed E-state index contributed by atoms with van der Waals surface area (Å²) in [5.41, 5.74) is 1.13. The lowest BCUT2D eigenvalue weighted by Crippen LogP contribution is -2.33. The van der Waals surface area contributed by atoms with Crippen molar-refractivity contribution >= 4 is 5.91 Å². The first-order chi connectivity index (χ1) is 9.84. The normalized spacial score (nSPS) is 34.4. The lowest BCUT2D eigenvalue weighted by molar-refractivity contribution is -0.123. The Labute approximate surface area is 119 Å². The Morgan fingerprint density at radius 2 is 1.85 bits per heavy atom. The molecule has 3 aliphatic rings. The molecule has 3 heteroatoms. The predicted molar refractivity (Wildman–Crippen MR) is 76.4 cm³/mol. The molecule has 3 nitrogen and oxygen atoms in total. The number of carbonyl (C=O) groups is 1. The van der Waals surface area contributed by atoms with Crippen LogP contribution in [0.1, 0.15) is 43.7 Å². The van der Waals surface area contributed by atoms with E-state index in [0.717, 1.165) is 17.7 Å². The predicted octanol–water partition coefficient (Wildman–Crippen LogP) is 3.06. The van der Waals surface area contributed by atoms with Crippen molar-refractivity contribution in [3.8, 4) is 5.75 Å². The summed E-state index contributed by atoms with van der Waals surface area (Å²) in [5, 5.41) is 3.27. The minimum atomic E-state index is 0.134. The van der Waals surface area contributed by atoms with Gasteiger partial charge in [-0.1, -0.05) is 31.0 Å². The van der Waals surface area contributed by atoms with Crippen LogP contribution >= 0.6 is 0 Å².